The SMILES string of the molecule is COC(=O)c1ccc2c(ccn2CC(=O)O)c1. The molecule has 0 aliphatic heterocycles. The van der Waals surface area contributed by atoms with Crippen LogP contribution in [-0.2, 0) is 16.1 Å². The first kappa shape index (κ1) is 11.2. The molecule has 0 spiro atoms. The molecule has 0 aliphatic rings. The van der Waals surface area contributed by atoms with E-state index in [-0.39, 0.29) is 6.54 Å². The summed E-state index contributed by atoms with van der Waals surface area (Å²) < 4.78 is 6.23. The Kier molecular flexibility index (Phi) is 2.82. The maximum atomic E-state index is 11.3. The summed E-state index contributed by atoms with van der Waals surface area (Å²) in [6, 6.07) is 6.78. The van der Waals surface area contributed by atoms with Crippen molar-refractivity contribution >= 4 is 22.8 Å². The Balaban J connectivity index is 2.44. The zero-order valence-electron chi connectivity index (χ0n) is 9.21. The van der Waals surface area contributed by atoms with Crippen LogP contribution in [0, 0.1) is 0 Å². The van der Waals surface area contributed by atoms with Gasteiger partial charge in [0.1, 0.15) is 6.54 Å². The van der Waals surface area contributed by atoms with Crippen molar-refractivity contribution in [3.8, 4) is 0 Å². The van der Waals surface area contributed by atoms with E-state index in [9.17, 15) is 9.59 Å². The van der Waals surface area contributed by atoms with E-state index >= 15 is 0 Å². The van der Waals surface area contributed by atoms with Crippen molar-refractivity contribution in [2.45, 2.75) is 6.54 Å². The second-order valence-corrected chi connectivity index (χ2v) is 3.60. The van der Waals surface area contributed by atoms with Gasteiger partial charge in [-0.25, -0.2) is 4.79 Å². The largest absolute Gasteiger partial charge is 0.480 e. The molecule has 17 heavy (non-hydrogen) atoms. The van der Waals surface area contributed by atoms with E-state index in [1.807, 2.05) is 0 Å². The summed E-state index contributed by atoms with van der Waals surface area (Å²) in [7, 11) is 1.32. The Hall–Kier alpha value is -2.30. The van der Waals surface area contributed by atoms with Crippen molar-refractivity contribution in [2.24, 2.45) is 0 Å². The second kappa shape index (κ2) is 4.29. The number of carbonyl (C=O) groups is 2. The van der Waals surface area contributed by atoms with E-state index in [2.05, 4.69) is 4.74 Å². The van der Waals surface area contributed by atoms with Crippen LogP contribution in [0.2, 0.25) is 0 Å². The highest BCUT2D eigenvalue weighted by molar-refractivity contribution is 5.94. The number of carboxylic acid groups (broad SMARTS) is 1. The van der Waals surface area contributed by atoms with Gasteiger partial charge in [0.2, 0.25) is 0 Å². The minimum Gasteiger partial charge on any atom is -0.480 e. The van der Waals surface area contributed by atoms with Gasteiger partial charge in [-0.15, -0.1) is 0 Å². The molecule has 1 N–H and O–H groups in total. The number of hydrogen-bond donors (Lipinski definition) is 1. The van der Waals surface area contributed by atoms with E-state index in [1.165, 1.54) is 7.11 Å². The topological polar surface area (TPSA) is 68.5 Å². The lowest BCUT2D eigenvalue weighted by Gasteiger charge is -2.02. The number of rotatable bonds is 3. The number of ether oxygens (including phenoxy) is 1. The highest BCUT2D eigenvalue weighted by Gasteiger charge is 2.09. The number of carbonyl (C=O) groups excluding carboxylic acids is 1. The molecule has 0 unspecified atom stereocenters. The molecule has 0 amide bonds. The quantitative estimate of drug-likeness (QED) is 0.816. The molecule has 0 bridgehead atoms. The van der Waals surface area contributed by atoms with Crippen LogP contribution in [0.5, 0.6) is 0 Å². The van der Waals surface area contributed by atoms with Crippen LogP contribution in [0.1, 0.15) is 10.4 Å². The first-order chi connectivity index (χ1) is 8.11. The highest BCUT2D eigenvalue weighted by Crippen LogP contribution is 2.18. The molecule has 1 heterocycles. The van der Waals surface area contributed by atoms with Crippen molar-refractivity contribution in [1.82, 2.24) is 4.57 Å². The van der Waals surface area contributed by atoms with Gasteiger partial charge in [-0.3, -0.25) is 4.79 Å². The molecule has 2 rings (SSSR count). The molecule has 0 saturated carbocycles. The van der Waals surface area contributed by atoms with Crippen molar-refractivity contribution in [2.75, 3.05) is 7.11 Å². The van der Waals surface area contributed by atoms with E-state index < -0.39 is 11.9 Å². The molecule has 1 aromatic heterocycles. The maximum Gasteiger partial charge on any atom is 0.337 e. The Morgan fingerprint density at radius 1 is 1.35 bits per heavy atom. The Labute approximate surface area is 97.2 Å². The van der Waals surface area contributed by atoms with Gasteiger partial charge < -0.3 is 14.4 Å². The molecular formula is C12H11NO4. The average Bonchev–Trinajstić information content (AvgIpc) is 2.70. The van der Waals surface area contributed by atoms with Gasteiger partial charge in [0, 0.05) is 17.1 Å². The van der Waals surface area contributed by atoms with E-state index in [0.29, 0.717) is 5.56 Å². The van der Waals surface area contributed by atoms with Crippen molar-refractivity contribution in [3.63, 3.8) is 0 Å². The summed E-state index contributed by atoms with van der Waals surface area (Å²) in [6.07, 6.45) is 1.68. The van der Waals surface area contributed by atoms with Gasteiger partial charge in [-0.2, -0.15) is 0 Å². The van der Waals surface area contributed by atoms with Gasteiger partial charge in [-0.05, 0) is 24.3 Å². The fraction of sp³-hybridized carbons (Fsp3) is 0.167. The third kappa shape index (κ3) is 2.13. The zero-order valence-corrected chi connectivity index (χ0v) is 9.21. The summed E-state index contributed by atoms with van der Waals surface area (Å²) in [5.41, 5.74) is 1.23. The Morgan fingerprint density at radius 3 is 2.76 bits per heavy atom. The van der Waals surface area contributed by atoms with Crippen LogP contribution >= 0.6 is 0 Å². The van der Waals surface area contributed by atoms with E-state index in [4.69, 9.17) is 5.11 Å². The molecule has 2 aromatic rings. The predicted molar refractivity (Wildman–Crippen MR) is 60.9 cm³/mol. The van der Waals surface area contributed by atoms with Crippen LogP contribution in [0.4, 0.5) is 0 Å². The highest BCUT2D eigenvalue weighted by atomic mass is 16.5. The fourth-order valence-electron chi connectivity index (χ4n) is 1.73. The van der Waals surface area contributed by atoms with Gasteiger partial charge >= 0.3 is 11.9 Å². The van der Waals surface area contributed by atoms with Crippen molar-refractivity contribution in [3.05, 3.63) is 36.0 Å². The summed E-state index contributed by atoms with van der Waals surface area (Å²) in [4.78, 5) is 22.0. The van der Waals surface area contributed by atoms with Gasteiger partial charge in [0.25, 0.3) is 0 Å². The molecule has 1 aromatic carbocycles. The smallest absolute Gasteiger partial charge is 0.337 e. The van der Waals surface area contributed by atoms with Gasteiger partial charge in [-0.1, -0.05) is 0 Å². The van der Waals surface area contributed by atoms with Crippen LogP contribution in [0.25, 0.3) is 10.9 Å². The minimum absolute atomic E-state index is 0.0962. The van der Waals surface area contributed by atoms with Crippen LogP contribution in [0.15, 0.2) is 30.5 Å². The molecule has 88 valence electrons. The average molecular weight is 233 g/mol. The number of nitrogens with zero attached hydrogens (tertiary/aromatic N) is 1. The number of aromatic nitrogens is 1. The molecular weight excluding hydrogens is 222 g/mol. The molecule has 5 heteroatoms. The lowest BCUT2D eigenvalue weighted by atomic mass is 10.1. The first-order valence-corrected chi connectivity index (χ1v) is 5.01. The molecule has 0 aliphatic carbocycles. The van der Waals surface area contributed by atoms with Crippen molar-refractivity contribution < 1.29 is 19.4 Å². The van der Waals surface area contributed by atoms with E-state index in [1.54, 1.807) is 35.0 Å². The second-order valence-electron chi connectivity index (χ2n) is 3.60. The van der Waals surface area contributed by atoms with Crippen LogP contribution < -0.4 is 0 Å². The normalized spacial score (nSPS) is 10.4. The molecule has 0 saturated heterocycles. The van der Waals surface area contributed by atoms with Gasteiger partial charge in [0.05, 0.1) is 12.7 Å². The predicted octanol–water partition coefficient (Wildman–Crippen LogP) is 1.51. The van der Waals surface area contributed by atoms with Gasteiger partial charge in [0.15, 0.2) is 0 Å². The Bertz CT molecular complexity index is 585. The number of carboxylic acids is 1. The minimum atomic E-state index is -0.903. The molecule has 5 nitrogen and oxygen atoms in total. The summed E-state index contributed by atoms with van der Waals surface area (Å²) in [5.74, 6) is -1.31. The summed E-state index contributed by atoms with van der Waals surface area (Å²) in [6.45, 7) is -0.0962. The number of aliphatic carboxylic acids is 1. The number of methoxy groups -OCH3 is 1. The van der Waals surface area contributed by atoms with E-state index in [0.717, 1.165) is 10.9 Å². The maximum absolute atomic E-state index is 11.3. The van der Waals surface area contributed by atoms with Crippen molar-refractivity contribution in [1.29, 1.82) is 0 Å². The summed E-state index contributed by atoms with van der Waals surface area (Å²) in [5, 5.41) is 9.54. The first-order valence-electron chi connectivity index (χ1n) is 5.01. The third-order valence-corrected chi connectivity index (χ3v) is 2.50. The summed E-state index contributed by atoms with van der Waals surface area (Å²) >= 11 is 0. The molecule has 0 fully saturated rings. The third-order valence-electron chi connectivity index (χ3n) is 2.50. The zero-order chi connectivity index (χ0) is 12.4. The lowest BCUT2D eigenvalue weighted by molar-refractivity contribution is -0.137. The number of fused-ring (bicyclic) bond motifs is 1. The number of hydrogen-bond acceptors (Lipinski definition) is 3. The lowest BCUT2D eigenvalue weighted by Crippen LogP contribution is -2.07. The monoisotopic (exact) mass is 233 g/mol. The number of benzene rings is 1. The fourth-order valence-corrected chi connectivity index (χ4v) is 1.73. The van der Waals surface area contributed by atoms with Crippen LogP contribution in [0.3, 0.4) is 0 Å². The number of esters is 1. The van der Waals surface area contributed by atoms with Crippen LogP contribution in [-0.4, -0.2) is 28.7 Å². The standard InChI is InChI=1S/C12H11NO4/c1-17-12(16)9-2-3-10-8(6-9)4-5-13(10)7-11(14)15/h2-6H,7H2,1H3,(H,14,15). The molecule has 0 radical (unpaired) electrons. The molecule has 0 atom stereocenters. The Morgan fingerprint density at radius 2 is 2.12 bits per heavy atom.